The summed E-state index contributed by atoms with van der Waals surface area (Å²) < 4.78 is 5.82. The first kappa shape index (κ1) is 27.7. The van der Waals surface area contributed by atoms with E-state index in [9.17, 15) is 9.90 Å². The van der Waals surface area contributed by atoms with E-state index in [4.69, 9.17) is 4.74 Å². The van der Waals surface area contributed by atoms with E-state index in [-0.39, 0.29) is 5.56 Å². The molecule has 6 nitrogen and oxygen atoms in total. The van der Waals surface area contributed by atoms with Crippen molar-refractivity contribution in [1.82, 2.24) is 15.3 Å². The third-order valence-corrected chi connectivity index (χ3v) is 7.04. The van der Waals surface area contributed by atoms with Gasteiger partial charge >= 0.3 is 5.97 Å². The lowest BCUT2D eigenvalue weighted by molar-refractivity contribution is 0.0696. The number of rotatable bonds is 11. The number of carboxylic acid groups (broad SMARTS) is 1. The second kappa shape index (κ2) is 13.0. The minimum atomic E-state index is -0.943. The summed E-state index contributed by atoms with van der Waals surface area (Å²) in [6.45, 7) is 8.35. The highest BCUT2D eigenvalue weighted by Crippen LogP contribution is 2.33. The van der Waals surface area contributed by atoms with Crippen molar-refractivity contribution in [2.24, 2.45) is 0 Å². The Bertz CT molecular complexity index is 1650. The topological polar surface area (TPSA) is 84.3 Å². The molecule has 1 aliphatic rings. The standard InChI is InChI=1S/C35H33N3O3/c1-3-36-19-18-24(2)33-31-16-14-28(20-29(31)15-17-32(33)35(39)40)26-10-7-11-27(13-12-26)34-37-21-30(22-38-34)41-23-25-8-5-4-6-9-25/h4-6,8-17,20-22,36H,2-3,7,18-19,23H2,1H3,(H,39,40). The van der Waals surface area contributed by atoms with Crippen LogP contribution in [0.1, 0.15) is 52.6 Å². The summed E-state index contributed by atoms with van der Waals surface area (Å²) in [4.78, 5) is 21.1. The van der Waals surface area contributed by atoms with E-state index >= 15 is 0 Å². The molecule has 0 radical (unpaired) electrons. The van der Waals surface area contributed by atoms with Crippen LogP contribution < -0.4 is 10.1 Å². The summed E-state index contributed by atoms with van der Waals surface area (Å²) in [6, 6.07) is 19.7. The van der Waals surface area contributed by atoms with Crippen LogP contribution in [0.3, 0.4) is 0 Å². The number of benzene rings is 3. The maximum atomic E-state index is 12.0. The number of carboxylic acids is 1. The molecule has 0 unspecified atom stereocenters. The molecule has 1 heterocycles. The van der Waals surface area contributed by atoms with Crippen LogP contribution in [0, 0.1) is 0 Å². The van der Waals surface area contributed by atoms with Crippen molar-refractivity contribution < 1.29 is 14.6 Å². The van der Waals surface area contributed by atoms with Gasteiger partial charge in [0.2, 0.25) is 0 Å². The number of hydrogen-bond donors (Lipinski definition) is 2. The van der Waals surface area contributed by atoms with Crippen molar-refractivity contribution in [3.05, 3.63) is 132 Å². The number of ether oxygens (including phenoxy) is 1. The van der Waals surface area contributed by atoms with E-state index in [0.717, 1.165) is 58.1 Å². The lowest BCUT2D eigenvalue weighted by Gasteiger charge is -2.15. The monoisotopic (exact) mass is 543 g/mol. The fourth-order valence-corrected chi connectivity index (χ4v) is 4.90. The molecule has 5 rings (SSSR count). The van der Waals surface area contributed by atoms with E-state index in [1.54, 1.807) is 18.5 Å². The number of carbonyl (C=O) groups is 1. The Morgan fingerprint density at radius 2 is 1.76 bits per heavy atom. The zero-order valence-corrected chi connectivity index (χ0v) is 23.1. The second-order valence-electron chi connectivity index (χ2n) is 9.84. The lowest BCUT2D eigenvalue weighted by Crippen LogP contribution is -2.14. The van der Waals surface area contributed by atoms with Gasteiger partial charge in [0.15, 0.2) is 11.6 Å². The largest absolute Gasteiger partial charge is 0.486 e. The molecule has 0 bridgehead atoms. The number of nitrogens with zero attached hydrogens (tertiary/aromatic N) is 2. The number of aromatic carboxylic acids is 1. The maximum Gasteiger partial charge on any atom is 0.336 e. The third-order valence-electron chi connectivity index (χ3n) is 7.04. The minimum Gasteiger partial charge on any atom is -0.486 e. The van der Waals surface area contributed by atoms with E-state index in [2.05, 4.69) is 46.2 Å². The molecule has 206 valence electrons. The Labute approximate surface area is 240 Å². The van der Waals surface area contributed by atoms with Gasteiger partial charge < -0.3 is 15.2 Å². The van der Waals surface area contributed by atoms with Crippen molar-refractivity contribution in [2.75, 3.05) is 13.1 Å². The van der Waals surface area contributed by atoms with Gasteiger partial charge in [0.25, 0.3) is 0 Å². The molecular weight excluding hydrogens is 510 g/mol. The minimum absolute atomic E-state index is 0.283. The fraction of sp³-hybridized carbons (Fsp3) is 0.171. The second-order valence-corrected chi connectivity index (χ2v) is 9.84. The van der Waals surface area contributed by atoms with Gasteiger partial charge in [-0.25, -0.2) is 14.8 Å². The average Bonchev–Trinajstić information content (AvgIpc) is 3.26. The summed E-state index contributed by atoms with van der Waals surface area (Å²) >= 11 is 0. The molecule has 0 saturated heterocycles. The zero-order valence-electron chi connectivity index (χ0n) is 23.1. The highest BCUT2D eigenvalue weighted by Gasteiger charge is 2.17. The highest BCUT2D eigenvalue weighted by molar-refractivity contribution is 6.05. The van der Waals surface area contributed by atoms with Crippen LogP contribution in [0.2, 0.25) is 0 Å². The normalized spacial score (nSPS) is 12.9. The van der Waals surface area contributed by atoms with Gasteiger partial charge in [-0.2, -0.15) is 0 Å². The molecule has 0 saturated carbocycles. The Morgan fingerprint density at radius 1 is 1.00 bits per heavy atom. The van der Waals surface area contributed by atoms with Gasteiger partial charge in [-0.05, 0) is 76.7 Å². The van der Waals surface area contributed by atoms with Crippen LogP contribution in [0.5, 0.6) is 5.75 Å². The zero-order chi connectivity index (χ0) is 28.6. The van der Waals surface area contributed by atoms with E-state index in [1.807, 2.05) is 61.5 Å². The molecular formula is C35H33N3O3. The summed E-state index contributed by atoms with van der Waals surface area (Å²) in [7, 11) is 0. The molecule has 0 amide bonds. The molecule has 1 aliphatic carbocycles. The molecule has 4 aromatic rings. The Kier molecular flexibility index (Phi) is 8.82. The summed E-state index contributed by atoms with van der Waals surface area (Å²) in [5.41, 5.74) is 5.98. The van der Waals surface area contributed by atoms with Gasteiger partial charge in [-0.15, -0.1) is 0 Å². The van der Waals surface area contributed by atoms with E-state index in [0.29, 0.717) is 30.2 Å². The molecule has 2 N–H and O–H groups in total. The van der Waals surface area contributed by atoms with E-state index < -0.39 is 5.97 Å². The van der Waals surface area contributed by atoms with Crippen LogP contribution >= 0.6 is 0 Å². The first-order chi connectivity index (χ1) is 20.0. The van der Waals surface area contributed by atoms with Gasteiger partial charge in [-0.3, -0.25) is 0 Å². The van der Waals surface area contributed by atoms with Crippen molar-refractivity contribution in [3.8, 4) is 5.75 Å². The average molecular weight is 544 g/mol. The van der Waals surface area contributed by atoms with Crippen molar-refractivity contribution in [2.45, 2.75) is 26.4 Å². The fourth-order valence-electron chi connectivity index (χ4n) is 4.90. The van der Waals surface area contributed by atoms with Crippen molar-refractivity contribution >= 4 is 33.5 Å². The molecule has 41 heavy (non-hydrogen) atoms. The Morgan fingerprint density at radius 3 is 2.51 bits per heavy atom. The van der Waals surface area contributed by atoms with Crippen molar-refractivity contribution in [1.29, 1.82) is 0 Å². The number of aromatic nitrogens is 2. The smallest absolute Gasteiger partial charge is 0.336 e. The molecule has 0 atom stereocenters. The molecule has 6 heteroatoms. The lowest BCUT2D eigenvalue weighted by atomic mass is 9.90. The van der Waals surface area contributed by atoms with Crippen LogP contribution in [-0.2, 0) is 6.61 Å². The number of allylic oxidation sites excluding steroid dienone is 6. The molecule has 3 aromatic carbocycles. The maximum absolute atomic E-state index is 12.0. The first-order valence-corrected chi connectivity index (χ1v) is 13.8. The van der Waals surface area contributed by atoms with Crippen LogP contribution in [0.25, 0.3) is 27.5 Å². The van der Waals surface area contributed by atoms with Crippen molar-refractivity contribution in [3.63, 3.8) is 0 Å². The molecule has 0 fully saturated rings. The quantitative estimate of drug-likeness (QED) is 0.193. The summed E-state index contributed by atoms with van der Waals surface area (Å²) in [5.74, 6) is 0.325. The first-order valence-electron chi connectivity index (χ1n) is 13.8. The Hall–Kier alpha value is -4.81. The van der Waals surface area contributed by atoms with Gasteiger partial charge in [0.1, 0.15) is 6.61 Å². The predicted molar refractivity (Wildman–Crippen MR) is 166 cm³/mol. The number of nitrogens with one attached hydrogen (secondary N) is 1. The Balaban J connectivity index is 1.33. The number of fused-ring (bicyclic) bond motifs is 1. The molecule has 0 aliphatic heterocycles. The summed E-state index contributed by atoms with van der Waals surface area (Å²) in [5, 5.41) is 15.0. The molecule has 1 aromatic heterocycles. The van der Waals surface area contributed by atoms with Crippen LogP contribution in [0.15, 0.2) is 104 Å². The van der Waals surface area contributed by atoms with Crippen LogP contribution in [-0.4, -0.2) is 34.1 Å². The van der Waals surface area contributed by atoms with E-state index in [1.165, 1.54) is 0 Å². The number of hydrogen-bond acceptors (Lipinski definition) is 5. The molecule has 0 spiro atoms. The third kappa shape index (κ3) is 6.68. The summed E-state index contributed by atoms with van der Waals surface area (Å²) in [6.07, 6.45) is 13.2. The van der Waals surface area contributed by atoms with Gasteiger partial charge in [0, 0.05) is 5.57 Å². The van der Waals surface area contributed by atoms with Gasteiger partial charge in [0.05, 0.1) is 18.0 Å². The predicted octanol–water partition coefficient (Wildman–Crippen LogP) is 7.35. The van der Waals surface area contributed by atoms with Crippen LogP contribution in [0.4, 0.5) is 0 Å². The van der Waals surface area contributed by atoms with Gasteiger partial charge in [-0.1, -0.05) is 86.3 Å². The SMILES string of the molecule is C=C(CCNCC)c1c(C(=O)O)ccc2cc(C3=CCC=C(c4ncc(OCc5ccccc5)cn4)C=C3)ccc12. The highest BCUT2D eigenvalue weighted by atomic mass is 16.5.